The summed E-state index contributed by atoms with van der Waals surface area (Å²) >= 11 is 0. The van der Waals surface area contributed by atoms with Gasteiger partial charge in [0.25, 0.3) is 0 Å². The van der Waals surface area contributed by atoms with Gasteiger partial charge in [0.15, 0.2) is 0 Å². The minimum absolute atomic E-state index is 0.0198. The normalized spacial score (nSPS) is 15.7. The van der Waals surface area contributed by atoms with Gasteiger partial charge in [-0.2, -0.15) is 9.78 Å². The van der Waals surface area contributed by atoms with Crippen molar-refractivity contribution in [3.63, 3.8) is 0 Å². The van der Waals surface area contributed by atoms with Crippen LogP contribution in [-0.2, 0) is 11.3 Å². The molecule has 1 aromatic heterocycles. The molecule has 0 aliphatic heterocycles. The Kier molecular flexibility index (Phi) is 5.58. The average Bonchev–Trinajstić information content (AvgIpc) is 3.52. The lowest BCUT2D eigenvalue weighted by Gasteiger charge is -2.25. The van der Waals surface area contributed by atoms with Crippen LogP contribution in [0.3, 0.4) is 0 Å². The van der Waals surface area contributed by atoms with Crippen LogP contribution in [-0.4, -0.2) is 26.8 Å². The number of hydrogen-bond donors (Lipinski definition) is 3. The standard InChI is InChI=1S/C25H25FN4O3/c26-18-6-1-3-15(11-18)14-27-25(33)30-22(16-4-2-5-16)13-21(29-30)20-10-9-19(12-23(20)31)28-24(32)17-7-8-17/h1,3,6,9-13,16-17,31H,2,4-5,7-8,14H2,(H,27,33)(H,28,32). The first-order valence-electron chi connectivity index (χ1n) is 11.2. The second-order valence-corrected chi connectivity index (χ2v) is 8.78. The SMILES string of the molecule is O=C(Nc1ccc(-c2cc(C3CCC3)n(C(=O)NCc3cccc(F)c3)n2)c(O)c1)C1CC1. The summed E-state index contributed by atoms with van der Waals surface area (Å²) < 4.78 is 14.8. The predicted octanol–water partition coefficient (Wildman–Crippen LogP) is 4.77. The van der Waals surface area contributed by atoms with Gasteiger partial charge in [-0.3, -0.25) is 4.79 Å². The number of anilines is 1. The Labute approximate surface area is 190 Å². The Bertz CT molecular complexity index is 1210. The van der Waals surface area contributed by atoms with E-state index in [0.717, 1.165) is 37.8 Å². The number of aromatic nitrogens is 2. The Morgan fingerprint density at radius 3 is 2.58 bits per heavy atom. The van der Waals surface area contributed by atoms with Crippen molar-refractivity contribution in [3.05, 3.63) is 65.6 Å². The highest BCUT2D eigenvalue weighted by atomic mass is 19.1. The van der Waals surface area contributed by atoms with Crippen molar-refractivity contribution in [2.24, 2.45) is 5.92 Å². The summed E-state index contributed by atoms with van der Waals surface area (Å²) in [5.74, 6) is -0.114. The number of carbonyl (C=O) groups is 2. The molecule has 0 bridgehead atoms. The molecule has 5 rings (SSSR count). The van der Waals surface area contributed by atoms with Gasteiger partial charge < -0.3 is 15.7 Å². The van der Waals surface area contributed by atoms with Crippen LogP contribution in [0.1, 0.15) is 49.3 Å². The third-order valence-electron chi connectivity index (χ3n) is 6.27. The molecule has 2 aromatic carbocycles. The van der Waals surface area contributed by atoms with Gasteiger partial charge in [-0.1, -0.05) is 18.6 Å². The lowest BCUT2D eigenvalue weighted by atomic mass is 9.82. The fourth-order valence-electron chi connectivity index (χ4n) is 4.00. The van der Waals surface area contributed by atoms with Gasteiger partial charge >= 0.3 is 6.03 Å². The van der Waals surface area contributed by atoms with Crippen LogP contribution in [0.2, 0.25) is 0 Å². The third-order valence-corrected chi connectivity index (χ3v) is 6.27. The molecule has 1 heterocycles. The zero-order chi connectivity index (χ0) is 22.9. The summed E-state index contributed by atoms with van der Waals surface area (Å²) in [5, 5.41) is 20.7. The molecule has 2 aliphatic carbocycles. The maximum absolute atomic E-state index is 13.4. The number of nitrogens with zero attached hydrogens (tertiary/aromatic N) is 2. The second-order valence-electron chi connectivity index (χ2n) is 8.78. The van der Waals surface area contributed by atoms with Gasteiger partial charge in [-0.25, -0.2) is 9.18 Å². The van der Waals surface area contributed by atoms with E-state index in [2.05, 4.69) is 15.7 Å². The first-order chi connectivity index (χ1) is 16.0. The summed E-state index contributed by atoms with van der Waals surface area (Å²) in [5.41, 5.74) is 2.94. The first-order valence-corrected chi connectivity index (χ1v) is 11.2. The van der Waals surface area contributed by atoms with E-state index < -0.39 is 6.03 Å². The van der Waals surface area contributed by atoms with Crippen LogP contribution < -0.4 is 10.6 Å². The fraction of sp³-hybridized carbons (Fsp3) is 0.320. The van der Waals surface area contributed by atoms with Gasteiger partial charge in [0, 0.05) is 35.7 Å². The van der Waals surface area contributed by atoms with Crippen molar-refractivity contribution in [3.8, 4) is 17.0 Å². The van der Waals surface area contributed by atoms with Crippen LogP contribution in [0.5, 0.6) is 5.75 Å². The molecular weight excluding hydrogens is 423 g/mol. The van der Waals surface area contributed by atoms with E-state index in [0.29, 0.717) is 22.5 Å². The summed E-state index contributed by atoms with van der Waals surface area (Å²) in [7, 11) is 0. The summed E-state index contributed by atoms with van der Waals surface area (Å²) in [6.45, 7) is 0.177. The molecule has 7 nitrogen and oxygen atoms in total. The summed E-state index contributed by atoms with van der Waals surface area (Å²) in [4.78, 5) is 24.9. The smallest absolute Gasteiger partial charge is 0.342 e. The lowest BCUT2D eigenvalue weighted by molar-refractivity contribution is -0.117. The number of benzene rings is 2. The average molecular weight is 448 g/mol. The van der Waals surface area contributed by atoms with Crippen molar-refractivity contribution in [1.82, 2.24) is 15.1 Å². The third kappa shape index (κ3) is 4.60. The summed E-state index contributed by atoms with van der Waals surface area (Å²) in [6.07, 6.45) is 4.84. The second kappa shape index (κ2) is 8.69. The molecule has 33 heavy (non-hydrogen) atoms. The van der Waals surface area contributed by atoms with Crippen LogP contribution in [0, 0.1) is 11.7 Å². The molecule has 0 radical (unpaired) electrons. The molecule has 2 amide bonds. The van der Waals surface area contributed by atoms with Gasteiger partial charge in [-0.05, 0) is 61.6 Å². The van der Waals surface area contributed by atoms with E-state index >= 15 is 0 Å². The zero-order valence-corrected chi connectivity index (χ0v) is 18.1. The lowest BCUT2D eigenvalue weighted by Crippen LogP contribution is -2.31. The minimum atomic E-state index is -0.403. The van der Waals surface area contributed by atoms with Gasteiger partial charge in [-0.15, -0.1) is 0 Å². The molecule has 0 atom stereocenters. The van der Waals surface area contributed by atoms with E-state index in [1.807, 2.05) is 6.07 Å². The topological polar surface area (TPSA) is 96.3 Å². The van der Waals surface area contributed by atoms with Crippen LogP contribution in [0.25, 0.3) is 11.3 Å². The van der Waals surface area contributed by atoms with Gasteiger partial charge in [0.1, 0.15) is 11.6 Å². The number of nitrogens with one attached hydrogen (secondary N) is 2. The highest BCUT2D eigenvalue weighted by Crippen LogP contribution is 2.39. The Hall–Kier alpha value is -3.68. The molecular formula is C25H25FN4O3. The van der Waals surface area contributed by atoms with Crippen LogP contribution >= 0.6 is 0 Å². The number of halogens is 1. The van der Waals surface area contributed by atoms with E-state index in [9.17, 15) is 19.1 Å². The molecule has 0 spiro atoms. The molecule has 2 fully saturated rings. The van der Waals surface area contributed by atoms with Crippen LogP contribution in [0.4, 0.5) is 14.9 Å². The Morgan fingerprint density at radius 1 is 1.09 bits per heavy atom. The largest absolute Gasteiger partial charge is 0.507 e. The quantitative estimate of drug-likeness (QED) is 0.506. The molecule has 2 saturated carbocycles. The number of carbonyl (C=O) groups excluding carboxylic acids is 2. The minimum Gasteiger partial charge on any atom is -0.507 e. The van der Waals surface area contributed by atoms with E-state index in [1.54, 1.807) is 24.3 Å². The van der Waals surface area contributed by atoms with E-state index in [4.69, 9.17) is 0 Å². The van der Waals surface area contributed by atoms with E-state index in [-0.39, 0.29) is 35.9 Å². The highest BCUT2D eigenvalue weighted by molar-refractivity contribution is 5.94. The highest BCUT2D eigenvalue weighted by Gasteiger charge is 2.30. The van der Waals surface area contributed by atoms with Crippen molar-refractivity contribution < 1.29 is 19.1 Å². The molecule has 3 N–H and O–H groups in total. The Morgan fingerprint density at radius 2 is 1.91 bits per heavy atom. The predicted molar refractivity (Wildman–Crippen MR) is 121 cm³/mol. The fourth-order valence-corrected chi connectivity index (χ4v) is 4.00. The number of rotatable bonds is 6. The monoisotopic (exact) mass is 448 g/mol. The zero-order valence-electron chi connectivity index (χ0n) is 18.1. The molecule has 0 unspecified atom stereocenters. The van der Waals surface area contributed by atoms with Gasteiger partial charge in [0.05, 0.1) is 11.4 Å². The van der Waals surface area contributed by atoms with E-state index in [1.165, 1.54) is 22.9 Å². The Balaban J connectivity index is 1.37. The number of phenols is 1. The summed E-state index contributed by atoms with van der Waals surface area (Å²) in [6, 6.07) is 12.4. The molecule has 2 aliphatic rings. The van der Waals surface area contributed by atoms with Crippen molar-refractivity contribution >= 4 is 17.6 Å². The number of hydrogen-bond acceptors (Lipinski definition) is 4. The molecule has 170 valence electrons. The maximum Gasteiger partial charge on any atom is 0.342 e. The van der Waals surface area contributed by atoms with Crippen molar-refractivity contribution in [1.29, 1.82) is 0 Å². The molecule has 3 aromatic rings. The molecule has 0 saturated heterocycles. The maximum atomic E-state index is 13.4. The number of phenolic OH excluding ortho intramolecular Hbond substituents is 1. The van der Waals surface area contributed by atoms with Gasteiger partial charge in [0.2, 0.25) is 5.91 Å². The van der Waals surface area contributed by atoms with Crippen LogP contribution in [0.15, 0.2) is 48.5 Å². The first kappa shape index (κ1) is 21.2. The van der Waals surface area contributed by atoms with Crippen molar-refractivity contribution in [2.75, 3.05) is 5.32 Å². The number of aromatic hydroxyl groups is 1. The molecule has 8 heteroatoms. The number of amides is 2. The van der Waals surface area contributed by atoms with Crippen molar-refractivity contribution in [2.45, 2.75) is 44.6 Å².